The van der Waals surface area contributed by atoms with E-state index in [1.165, 1.54) is 6.07 Å². The summed E-state index contributed by atoms with van der Waals surface area (Å²) in [6.45, 7) is 1.61. The van der Waals surface area contributed by atoms with E-state index in [1.807, 2.05) is 0 Å². The highest BCUT2D eigenvalue weighted by atomic mass is 79.9. The first-order valence-corrected chi connectivity index (χ1v) is 5.96. The minimum atomic E-state index is -0.552. The summed E-state index contributed by atoms with van der Waals surface area (Å²) in [5, 5.41) is 11.0. The summed E-state index contributed by atoms with van der Waals surface area (Å²) in [5.41, 5.74) is 0.682. The largest absolute Gasteiger partial charge is 0.298 e. The fourth-order valence-electron chi connectivity index (χ4n) is 1.91. The van der Waals surface area contributed by atoms with E-state index in [0.29, 0.717) is 10.0 Å². The number of carbonyl (C=O) groups is 2. The lowest BCUT2D eigenvalue weighted by molar-refractivity contribution is -0.384. The van der Waals surface area contributed by atoms with Crippen LogP contribution in [0.5, 0.6) is 0 Å². The molecule has 0 bridgehead atoms. The maximum absolute atomic E-state index is 11.7. The van der Waals surface area contributed by atoms with Crippen LogP contribution in [-0.4, -0.2) is 23.2 Å². The number of nitro benzene ring substituents is 1. The number of amides is 1. The normalized spacial score (nSPS) is 15.3. The Kier molecular flexibility index (Phi) is 3.16. The molecule has 1 amide bonds. The number of hydrogen-bond acceptors (Lipinski definition) is 4. The van der Waals surface area contributed by atoms with Crippen LogP contribution in [0.25, 0.3) is 0 Å². The van der Waals surface area contributed by atoms with Crippen molar-refractivity contribution in [2.45, 2.75) is 13.3 Å². The summed E-state index contributed by atoms with van der Waals surface area (Å²) in [4.78, 5) is 34.5. The lowest BCUT2D eigenvalue weighted by atomic mass is 10.2. The maximum Gasteiger partial charge on any atom is 0.294 e. The molecule has 1 aromatic rings. The molecule has 0 saturated carbocycles. The Labute approximate surface area is 111 Å². The van der Waals surface area contributed by atoms with E-state index < -0.39 is 10.8 Å². The van der Waals surface area contributed by atoms with Crippen LogP contribution < -0.4 is 4.90 Å². The van der Waals surface area contributed by atoms with Crippen molar-refractivity contribution in [1.29, 1.82) is 0 Å². The number of Topliss-reactive ketones (excluding diaryl/α,β-unsaturated/α-hetero) is 1. The van der Waals surface area contributed by atoms with Crippen molar-refractivity contribution in [1.82, 2.24) is 0 Å². The number of aryl methyl sites for hydroxylation is 1. The van der Waals surface area contributed by atoms with Crippen LogP contribution in [0.3, 0.4) is 0 Å². The maximum atomic E-state index is 11.7. The van der Waals surface area contributed by atoms with Crippen LogP contribution in [0.15, 0.2) is 16.6 Å². The quantitative estimate of drug-likeness (QED) is 0.475. The van der Waals surface area contributed by atoms with Gasteiger partial charge in [-0.2, -0.15) is 0 Å². The predicted octanol–water partition coefficient (Wildman–Crippen LogP) is 1.97. The highest BCUT2D eigenvalue weighted by Gasteiger charge is 2.34. The molecule has 0 aromatic heterocycles. The first kappa shape index (κ1) is 12.7. The fraction of sp³-hybridized carbons (Fsp3) is 0.273. The van der Waals surface area contributed by atoms with Gasteiger partial charge >= 0.3 is 0 Å². The van der Waals surface area contributed by atoms with Crippen LogP contribution in [0.4, 0.5) is 11.4 Å². The number of ketones is 1. The smallest absolute Gasteiger partial charge is 0.294 e. The second-order valence-corrected chi connectivity index (χ2v) is 4.92. The number of halogens is 1. The van der Waals surface area contributed by atoms with Gasteiger partial charge in [0.25, 0.3) is 5.69 Å². The van der Waals surface area contributed by atoms with Gasteiger partial charge in [0, 0.05) is 10.5 Å². The summed E-state index contributed by atoms with van der Waals surface area (Å²) in [6.07, 6.45) is -0.197. The molecule has 0 radical (unpaired) electrons. The molecule has 0 unspecified atom stereocenters. The van der Waals surface area contributed by atoms with Crippen molar-refractivity contribution in [2.75, 3.05) is 11.4 Å². The Morgan fingerprint density at radius 2 is 2.06 bits per heavy atom. The van der Waals surface area contributed by atoms with Gasteiger partial charge in [0.1, 0.15) is 5.69 Å². The summed E-state index contributed by atoms with van der Waals surface area (Å²) < 4.78 is 0.442. The summed E-state index contributed by atoms with van der Waals surface area (Å²) in [5.74, 6) is -0.644. The van der Waals surface area contributed by atoms with Crippen LogP contribution in [0, 0.1) is 17.0 Å². The fourth-order valence-corrected chi connectivity index (χ4v) is 2.69. The minimum Gasteiger partial charge on any atom is -0.298 e. The number of hydrogen-bond donors (Lipinski definition) is 0. The molecule has 0 spiro atoms. The molecule has 1 heterocycles. The molecule has 1 aromatic carbocycles. The van der Waals surface area contributed by atoms with Crippen LogP contribution in [0.2, 0.25) is 0 Å². The average molecular weight is 313 g/mol. The van der Waals surface area contributed by atoms with Gasteiger partial charge in [0.15, 0.2) is 5.78 Å². The SMILES string of the molecule is Cc1cc(Br)c(N2CC(=O)CC2=O)c([N+](=O)[O-])c1. The molecule has 94 valence electrons. The van der Waals surface area contributed by atoms with Crippen molar-refractivity contribution in [3.8, 4) is 0 Å². The number of anilines is 1. The monoisotopic (exact) mass is 312 g/mol. The van der Waals surface area contributed by atoms with E-state index in [2.05, 4.69) is 15.9 Å². The van der Waals surface area contributed by atoms with Gasteiger partial charge in [-0.3, -0.25) is 24.6 Å². The number of benzene rings is 1. The highest BCUT2D eigenvalue weighted by molar-refractivity contribution is 9.10. The Morgan fingerprint density at radius 1 is 1.39 bits per heavy atom. The van der Waals surface area contributed by atoms with E-state index in [-0.39, 0.29) is 30.1 Å². The average Bonchev–Trinajstić information content (AvgIpc) is 2.56. The molecule has 2 rings (SSSR count). The molecule has 0 atom stereocenters. The molecular weight excluding hydrogens is 304 g/mol. The van der Waals surface area contributed by atoms with E-state index in [0.717, 1.165) is 4.90 Å². The zero-order valence-electron chi connectivity index (χ0n) is 9.47. The molecular formula is C11H9BrN2O4. The molecule has 1 fully saturated rings. The van der Waals surface area contributed by atoms with Gasteiger partial charge in [-0.05, 0) is 34.5 Å². The third-order valence-corrected chi connectivity index (χ3v) is 3.24. The van der Waals surface area contributed by atoms with Crippen LogP contribution in [0.1, 0.15) is 12.0 Å². The first-order chi connectivity index (χ1) is 8.40. The van der Waals surface area contributed by atoms with Crippen molar-refractivity contribution in [3.05, 3.63) is 32.3 Å². The van der Waals surface area contributed by atoms with Crippen molar-refractivity contribution < 1.29 is 14.5 Å². The molecule has 6 nitrogen and oxygen atoms in total. The number of nitrogens with zero attached hydrogens (tertiary/aromatic N) is 2. The van der Waals surface area contributed by atoms with Gasteiger partial charge in [0.2, 0.25) is 5.91 Å². The summed E-state index contributed by atoms with van der Waals surface area (Å²) >= 11 is 3.21. The third-order valence-electron chi connectivity index (χ3n) is 2.64. The molecule has 0 N–H and O–H groups in total. The summed E-state index contributed by atoms with van der Waals surface area (Å²) in [6, 6.07) is 3.06. The molecule has 1 saturated heterocycles. The first-order valence-electron chi connectivity index (χ1n) is 5.16. The Bertz CT molecular complexity index is 570. The molecule has 1 aliphatic rings. The molecule has 7 heteroatoms. The van der Waals surface area contributed by atoms with Gasteiger partial charge in [-0.1, -0.05) is 0 Å². The van der Waals surface area contributed by atoms with Crippen molar-refractivity contribution in [2.24, 2.45) is 0 Å². The molecule has 1 aliphatic heterocycles. The van der Waals surface area contributed by atoms with Crippen LogP contribution >= 0.6 is 15.9 Å². The van der Waals surface area contributed by atoms with Crippen molar-refractivity contribution in [3.63, 3.8) is 0 Å². The number of rotatable bonds is 2. The van der Waals surface area contributed by atoms with E-state index in [9.17, 15) is 19.7 Å². The topological polar surface area (TPSA) is 80.5 Å². The minimum absolute atomic E-state index is 0.110. The van der Waals surface area contributed by atoms with E-state index >= 15 is 0 Å². The predicted molar refractivity (Wildman–Crippen MR) is 67.5 cm³/mol. The summed E-state index contributed by atoms with van der Waals surface area (Å²) in [7, 11) is 0. The Hall–Kier alpha value is -1.76. The second kappa shape index (κ2) is 4.49. The zero-order valence-corrected chi connectivity index (χ0v) is 11.1. The van der Waals surface area contributed by atoms with Gasteiger partial charge in [-0.15, -0.1) is 0 Å². The lowest BCUT2D eigenvalue weighted by Crippen LogP contribution is -2.25. The molecule has 18 heavy (non-hydrogen) atoms. The van der Waals surface area contributed by atoms with Gasteiger partial charge < -0.3 is 0 Å². The number of nitro groups is 1. The van der Waals surface area contributed by atoms with E-state index in [4.69, 9.17) is 0 Å². The number of carbonyl (C=O) groups excluding carboxylic acids is 2. The van der Waals surface area contributed by atoms with Gasteiger partial charge in [-0.25, -0.2) is 0 Å². The van der Waals surface area contributed by atoms with Crippen molar-refractivity contribution >= 4 is 39.0 Å². The standard InChI is InChI=1S/C11H9BrN2O4/c1-6-2-8(12)11(9(3-6)14(17)18)13-5-7(15)4-10(13)16/h2-3H,4-5H2,1H3. The third kappa shape index (κ3) is 2.13. The van der Waals surface area contributed by atoms with E-state index in [1.54, 1.807) is 13.0 Å². The highest BCUT2D eigenvalue weighted by Crippen LogP contribution is 2.38. The molecule has 0 aliphatic carbocycles. The second-order valence-electron chi connectivity index (χ2n) is 4.07. The zero-order chi connectivity index (χ0) is 13.4. The van der Waals surface area contributed by atoms with Gasteiger partial charge in [0.05, 0.1) is 17.9 Å². The Balaban J connectivity index is 2.59. The van der Waals surface area contributed by atoms with Crippen LogP contribution in [-0.2, 0) is 9.59 Å². The lowest BCUT2D eigenvalue weighted by Gasteiger charge is -2.16. The Morgan fingerprint density at radius 3 is 2.56 bits per heavy atom.